The van der Waals surface area contributed by atoms with Crippen LogP contribution in [-0.4, -0.2) is 0 Å². The summed E-state index contributed by atoms with van der Waals surface area (Å²) >= 11 is 5.72. The number of nitrogens with two attached hydrogens (primary N) is 1. The zero-order valence-corrected chi connectivity index (χ0v) is 7.82. The third-order valence-electron chi connectivity index (χ3n) is 1.65. The molecular formula is C9H11ClFN. The Morgan fingerprint density at radius 2 is 2.00 bits per heavy atom. The Balaban J connectivity index is 3.26. The molecule has 1 aromatic rings. The highest BCUT2D eigenvalue weighted by atomic mass is 35.5. The third-order valence-corrected chi connectivity index (χ3v) is 2.03. The van der Waals surface area contributed by atoms with Crippen LogP contribution in [0, 0.1) is 5.82 Å². The summed E-state index contributed by atoms with van der Waals surface area (Å²) in [7, 11) is 0. The van der Waals surface area contributed by atoms with Crippen LogP contribution in [0.4, 0.5) is 4.39 Å². The van der Waals surface area contributed by atoms with Crippen molar-refractivity contribution < 1.29 is 4.39 Å². The summed E-state index contributed by atoms with van der Waals surface area (Å²) < 4.78 is 12.9. The van der Waals surface area contributed by atoms with E-state index in [9.17, 15) is 4.39 Å². The molecule has 0 radical (unpaired) electrons. The standard InChI is InChI=1S/C9H11ClFN/c1-9(2,12)6-4-3-5-7(11)8(6)10/h3-5H,12H2,1-2H3. The van der Waals surface area contributed by atoms with Crippen LogP contribution in [-0.2, 0) is 5.54 Å². The van der Waals surface area contributed by atoms with Crippen molar-refractivity contribution >= 4 is 11.6 Å². The molecule has 0 bridgehead atoms. The summed E-state index contributed by atoms with van der Waals surface area (Å²) in [4.78, 5) is 0. The van der Waals surface area contributed by atoms with Crippen LogP contribution in [0.3, 0.4) is 0 Å². The molecule has 1 nitrogen and oxygen atoms in total. The highest BCUT2D eigenvalue weighted by Crippen LogP contribution is 2.27. The molecule has 2 N–H and O–H groups in total. The first-order chi connectivity index (χ1) is 5.43. The van der Waals surface area contributed by atoms with Gasteiger partial charge in [0, 0.05) is 5.54 Å². The van der Waals surface area contributed by atoms with E-state index in [1.54, 1.807) is 26.0 Å². The molecule has 0 aliphatic rings. The Kier molecular flexibility index (Phi) is 2.40. The van der Waals surface area contributed by atoms with Gasteiger partial charge >= 0.3 is 0 Å². The molecule has 0 unspecified atom stereocenters. The van der Waals surface area contributed by atoms with Crippen LogP contribution < -0.4 is 5.73 Å². The lowest BCUT2D eigenvalue weighted by atomic mass is 9.96. The zero-order valence-electron chi connectivity index (χ0n) is 7.07. The molecule has 1 rings (SSSR count). The number of hydrogen-bond acceptors (Lipinski definition) is 1. The monoisotopic (exact) mass is 187 g/mol. The van der Waals surface area contributed by atoms with Gasteiger partial charge in [-0.25, -0.2) is 4.39 Å². The molecule has 0 spiro atoms. The maximum Gasteiger partial charge on any atom is 0.142 e. The zero-order chi connectivity index (χ0) is 9.35. The molecule has 0 heterocycles. The SMILES string of the molecule is CC(C)(N)c1cccc(F)c1Cl. The quantitative estimate of drug-likeness (QED) is 0.719. The van der Waals surface area contributed by atoms with E-state index in [2.05, 4.69) is 0 Å². The van der Waals surface area contributed by atoms with Gasteiger partial charge in [0.1, 0.15) is 5.82 Å². The van der Waals surface area contributed by atoms with E-state index in [1.165, 1.54) is 6.07 Å². The van der Waals surface area contributed by atoms with E-state index < -0.39 is 11.4 Å². The third kappa shape index (κ3) is 1.76. The smallest absolute Gasteiger partial charge is 0.142 e. The van der Waals surface area contributed by atoms with Crippen molar-refractivity contribution in [1.82, 2.24) is 0 Å². The highest BCUT2D eigenvalue weighted by molar-refractivity contribution is 6.31. The number of benzene rings is 1. The fourth-order valence-electron chi connectivity index (χ4n) is 1.00. The molecule has 0 saturated carbocycles. The maximum atomic E-state index is 12.9. The van der Waals surface area contributed by atoms with E-state index in [-0.39, 0.29) is 5.02 Å². The van der Waals surface area contributed by atoms with E-state index >= 15 is 0 Å². The largest absolute Gasteiger partial charge is 0.322 e. The molecule has 3 heteroatoms. The van der Waals surface area contributed by atoms with Crippen LogP contribution in [0.2, 0.25) is 5.02 Å². The second-order valence-corrected chi connectivity index (χ2v) is 3.70. The molecule has 0 aliphatic carbocycles. The molecular weight excluding hydrogens is 177 g/mol. The first-order valence-electron chi connectivity index (χ1n) is 3.66. The predicted molar refractivity (Wildman–Crippen MR) is 48.6 cm³/mol. The lowest BCUT2D eigenvalue weighted by molar-refractivity contribution is 0.544. The first-order valence-corrected chi connectivity index (χ1v) is 4.04. The number of hydrogen-bond donors (Lipinski definition) is 1. The summed E-state index contributed by atoms with van der Waals surface area (Å²) in [5, 5.41) is 0.116. The van der Waals surface area contributed by atoms with E-state index in [4.69, 9.17) is 17.3 Å². The van der Waals surface area contributed by atoms with E-state index in [1.807, 2.05) is 0 Å². The van der Waals surface area contributed by atoms with Gasteiger partial charge in [-0.1, -0.05) is 23.7 Å². The number of rotatable bonds is 1. The molecule has 0 amide bonds. The van der Waals surface area contributed by atoms with Crippen molar-refractivity contribution in [2.24, 2.45) is 5.73 Å². The van der Waals surface area contributed by atoms with Gasteiger partial charge in [-0.15, -0.1) is 0 Å². The Bertz CT molecular complexity index is 291. The second kappa shape index (κ2) is 3.04. The van der Waals surface area contributed by atoms with Crippen LogP contribution >= 0.6 is 11.6 Å². The van der Waals surface area contributed by atoms with E-state index in [0.29, 0.717) is 5.56 Å². The lowest BCUT2D eigenvalue weighted by Crippen LogP contribution is -2.29. The van der Waals surface area contributed by atoms with Gasteiger partial charge in [0.15, 0.2) is 0 Å². The van der Waals surface area contributed by atoms with Crippen molar-refractivity contribution in [2.45, 2.75) is 19.4 Å². The Morgan fingerprint density at radius 1 is 1.42 bits per heavy atom. The van der Waals surface area contributed by atoms with Gasteiger partial charge in [0.25, 0.3) is 0 Å². The van der Waals surface area contributed by atoms with Crippen molar-refractivity contribution in [2.75, 3.05) is 0 Å². The normalized spacial score (nSPS) is 11.8. The highest BCUT2D eigenvalue weighted by Gasteiger charge is 2.19. The van der Waals surface area contributed by atoms with Crippen LogP contribution in [0.15, 0.2) is 18.2 Å². The van der Waals surface area contributed by atoms with Crippen LogP contribution in [0.1, 0.15) is 19.4 Å². The Hall–Kier alpha value is -0.600. The molecule has 0 atom stereocenters. The van der Waals surface area contributed by atoms with Crippen molar-refractivity contribution in [3.8, 4) is 0 Å². The minimum Gasteiger partial charge on any atom is -0.322 e. The topological polar surface area (TPSA) is 26.0 Å². The fourth-order valence-corrected chi connectivity index (χ4v) is 1.37. The van der Waals surface area contributed by atoms with Crippen LogP contribution in [0.5, 0.6) is 0 Å². The summed E-state index contributed by atoms with van der Waals surface area (Å²) in [6.45, 7) is 3.57. The average Bonchev–Trinajstić information content (AvgIpc) is 1.92. The lowest BCUT2D eigenvalue weighted by Gasteiger charge is -2.20. The minimum absolute atomic E-state index is 0.116. The van der Waals surface area contributed by atoms with Crippen molar-refractivity contribution in [3.05, 3.63) is 34.6 Å². The fraction of sp³-hybridized carbons (Fsp3) is 0.333. The molecule has 1 aromatic carbocycles. The average molecular weight is 188 g/mol. The number of halogens is 2. The summed E-state index contributed by atoms with van der Waals surface area (Å²) in [5.41, 5.74) is 5.81. The maximum absolute atomic E-state index is 12.9. The van der Waals surface area contributed by atoms with Crippen molar-refractivity contribution in [1.29, 1.82) is 0 Å². The molecule has 66 valence electrons. The van der Waals surface area contributed by atoms with E-state index in [0.717, 1.165) is 0 Å². The van der Waals surface area contributed by atoms with Gasteiger partial charge in [-0.2, -0.15) is 0 Å². The molecule has 0 saturated heterocycles. The summed E-state index contributed by atoms with van der Waals surface area (Å²) in [6.07, 6.45) is 0. The van der Waals surface area contributed by atoms with Crippen LogP contribution in [0.25, 0.3) is 0 Å². The molecule has 12 heavy (non-hydrogen) atoms. The van der Waals surface area contributed by atoms with Gasteiger partial charge in [-0.05, 0) is 25.5 Å². The second-order valence-electron chi connectivity index (χ2n) is 3.32. The van der Waals surface area contributed by atoms with Crippen molar-refractivity contribution in [3.63, 3.8) is 0 Å². The first kappa shape index (κ1) is 9.49. The minimum atomic E-state index is -0.598. The molecule has 0 aliphatic heterocycles. The molecule has 0 aromatic heterocycles. The molecule has 0 fully saturated rings. The predicted octanol–water partition coefficient (Wildman–Crippen LogP) is 2.67. The summed E-state index contributed by atoms with van der Waals surface area (Å²) in [6, 6.07) is 4.65. The van der Waals surface area contributed by atoms with Gasteiger partial charge in [0.2, 0.25) is 0 Å². The Labute approximate surface area is 76.3 Å². The summed E-state index contributed by atoms with van der Waals surface area (Å²) in [5.74, 6) is -0.423. The van der Waals surface area contributed by atoms with Gasteiger partial charge in [-0.3, -0.25) is 0 Å². The van der Waals surface area contributed by atoms with Gasteiger partial charge < -0.3 is 5.73 Å². The Morgan fingerprint density at radius 3 is 2.42 bits per heavy atom. The van der Waals surface area contributed by atoms with Gasteiger partial charge in [0.05, 0.1) is 5.02 Å².